The van der Waals surface area contributed by atoms with E-state index in [1.165, 1.54) is 0 Å². The smallest absolute Gasteiger partial charge is 0.299 e. The highest BCUT2D eigenvalue weighted by Gasteiger charge is 2.69. The van der Waals surface area contributed by atoms with Crippen LogP contribution in [0.1, 0.15) is 52.0 Å². The summed E-state index contributed by atoms with van der Waals surface area (Å²) in [7, 11) is -3.98. The highest BCUT2D eigenvalue weighted by Crippen LogP contribution is 2.60. The lowest BCUT2D eigenvalue weighted by atomic mass is 9.58. The van der Waals surface area contributed by atoms with Gasteiger partial charge in [-0.15, -0.1) is 0 Å². The van der Waals surface area contributed by atoms with Crippen LogP contribution in [0.15, 0.2) is 29.2 Å². The van der Waals surface area contributed by atoms with E-state index >= 15 is 0 Å². The summed E-state index contributed by atoms with van der Waals surface area (Å²) in [5.74, 6) is -0.425. The molecule has 4 saturated heterocycles. The van der Waals surface area contributed by atoms with Crippen LogP contribution in [0.3, 0.4) is 0 Å². The molecular weight excluding hydrogens is 408 g/mol. The van der Waals surface area contributed by atoms with E-state index in [1.807, 2.05) is 20.8 Å². The molecule has 6 rings (SSSR count). The monoisotopic (exact) mass is 438 g/mol. The second-order valence-electron chi connectivity index (χ2n) is 9.64. The summed E-state index contributed by atoms with van der Waals surface area (Å²) in [5, 5.41) is 0. The maximum Gasteiger partial charge on any atom is 0.299 e. The molecule has 8 heteroatoms. The minimum absolute atomic E-state index is 0.0123. The first-order valence-corrected chi connectivity index (χ1v) is 12.3. The average Bonchev–Trinajstić information content (AvgIpc) is 2.92. The highest BCUT2D eigenvalue weighted by molar-refractivity contribution is 7.86. The molecule has 2 unspecified atom stereocenters. The molecule has 0 N–H and O–H groups in total. The summed E-state index contributed by atoms with van der Waals surface area (Å²) in [6.45, 7) is 7.97. The first-order chi connectivity index (χ1) is 14.1. The van der Waals surface area contributed by atoms with Crippen LogP contribution in [-0.2, 0) is 33.6 Å². The van der Waals surface area contributed by atoms with Crippen molar-refractivity contribution in [1.29, 1.82) is 0 Å². The zero-order chi connectivity index (χ0) is 21.3. The van der Waals surface area contributed by atoms with Crippen LogP contribution < -0.4 is 0 Å². The predicted molar refractivity (Wildman–Crippen MR) is 106 cm³/mol. The zero-order valence-corrected chi connectivity index (χ0v) is 18.7. The van der Waals surface area contributed by atoms with Crippen LogP contribution in [0.25, 0.3) is 0 Å². The maximum absolute atomic E-state index is 12.9. The molecule has 1 aliphatic carbocycles. The van der Waals surface area contributed by atoms with Gasteiger partial charge in [-0.2, -0.15) is 8.42 Å². The Morgan fingerprint density at radius 2 is 1.77 bits per heavy atom. The number of rotatable bonds is 3. The number of hydrogen-bond acceptors (Lipinski definition) is 7. The van der Waals surface area contributed by atoms with Crippen LogP contribution in [0.5, 0.6) is 0 Å². The van der Waals surface area contributed by atoms with Crippen molar-refractivity contribution in [2.24, 2.45) is 23.7 Å². The number of hydrogen-bond donors (Lipinski definition) is 0. The van der Waals surface area contributed by atoms with Gasteiger partial charge in [0, 0.05) is 18.3 Å². The predicted octanol–water partition coefficient (Wildman–Crippen LogP) is 3.91. The zero-order valence-electron chi connectivity index (χ0n) is 17.9. The minimum atomic E-state index is -3.98. The van der Waals surface area contributed by atoms with Crippen LogP contribution in [0, 0.1) is 30.6 Å². The lowest BCUT2D eigenvalue weighted by Gasteiger charge is -2.60. The normalized spacial score (nSPS) is 45.6. The van der Waals surface area contributed by atoms with Gasteiger partial charge in [0.2, 0.25) is 5.79 Å². The van der Waals surface area contributed by atoms with Gasteiger partial charge in [-0.25, -0.2) is 14.0 Å². The molecule has 0 radical (unpaired) electrons. The van der Waals surface area contributed by atoms with Gasteiger partial charge in [-0.05, 0) is 57.1 Å². The number of benzene rings is 1. The molecule has 2 bridgehead atoms. The standard InChI is InChI=1S/C22H30O7S/c1-13-5-8-16(9-6-13)30(23,24)27-19-15(3)18-10-7-14(2)17-11-12-21(4)26-20(25-19)22(17,18)29-28-21/h5-6,8-9,14-15,17-20H,7,10-12H2,1-4H3/t14-,15-,17?,18?,19-,20-,21-,22-/m1/s1. The van der Waals surface area contributed by atoms with Crippen molar-refractivity contribution < 1.29 is 31.8 Å². The Hall–Kier alpha value is -1.03. The van der Waals surface area contributed by atoms with Crippen molar-refractivity contribution >= 4 is 10.1 Å². The van der Waals surface area contributed by atoms with E-state index in [9.17, 15) is 8.42 Å². The second kappa shape index (κ2) is 6.98. The van der Waals surface area contributed by atoms with Crippen molar-refractivity contribution in [3.8, 4) is 0 Å². The number of fused-ring (bicyclic) bond motifs is 2. The summed E-state index contributed by atoms with van der Waals surface area (Å²) in [5.41, 5.74) is 0.245. The van der Waals surface area contributed by atoms with Gasteiger partial charge in [0.1, 0.15) is 0 Å². The number of ether oxygens (including phenoxy) is 2. The molecule has 166 valence electrons. The van der Waals surface area contributed by atoms with Gasteiger partial charge >= 0.3 is 0 Å². The highest BCUT2D eigenvalue weighted by atomic mass is 32.2. The third-order valence-corrected chi connectivity index (χ3v) is 8.92. The van der Waals surface area contributed by atoms with Gasteiger partial charge in [0.05, 0.1) is 4.90 Å². The molecule has 4 heterocycles. The first kappa shape index (κ1) is 20.8. The SMILES string of the molecule is Cc1ccc(S(=O)(=O)O[C@H]2O[C@@H]3O[C@@]4(C)CCC5[C@H](C)CCC([C@H]2C)[C@]53OO4)cc1. The molecule has 7 nitrogen and oxygen atoms in total. The fourth-order valence-electron chi connectivity index (χ4n) is 5.87. The third kappa shape index (κ3) is 3.07. The minimum Gasteiger partial charge on any atom is -0.319 e. The van der Waals surface area contributed by atoms with E-state index in [2.05, 4.69) is 6.92 Å². The Morgan fingerprint density at radius 3 is 2.50 bits per heavy atom. The molecule has 0 aromatic heterocycles. The van der Waals surface area contributed by atoms with Gasteiger partial charge in [-0.1, -0.05) is 31.5 Å². The van der Waals surface area contributed by atoms with Crippen molar-refractivity contribution in [2.45, 2.75) is 82.2 Å². The molecule has 5 aliphatic rings. The summed E-state index contributed by atoms with van der Waals surface area (Å²) in [6, 6.07) is 6.62. The van der Waals surface area contributed by atoms with Crippen molar-refractivity contribution in [3.05, 3.63) is 29.8 Å². The first-order valence-electron chi connectivity index (χ1n) is 10.8. The van der Waals surface area contributed by atoms with E-state index in [0.717, 1.165) is 24.8 Å². The molecule has 1 saturated carbocycles. The Balaban J connectivity index is 1.47. The topological polar surface area (TPSA) is 80.3 Å². The third-order valence-electron chi connectivity index (χ3n) is 7.63. The van der Waals surface area contributed by atoms with E-state index in [-0.39, 0.29) is 22.6 Å². The Labute approximate surface area is 178 Å². The van der Waals surface area contributed by atoms with E-state index in [0.29, 0.717) is 12.3 Å². The van der Waals surface area contributed by atoms with Crippen molar-refractivity contribution in [3.63, 3.8) is 0 Å². The molecule has 5 fully saturated rings. The van der Waals surface area contributed by atoms with Crippen LogP contribution in [0.4, 0.5) is 0 Å². The van der Waals surface area contributed by atoms with Gasteiger partial charge in [-0.3, -0.25) is 0 Å². The molecule has 4 aliphatic heterocycles. The summed E-state index contributed by atoms with van der Waals surface area (Å²) in [6.07, 6.45) is 1.88. The summed E-state index contributed by atoms with van der Waals surface area (Å²) >= 11 is 0. The van der Waals surface area contributed by atoms with Crippen LogP contribution in [-0.4, -0.2) is 32.4 Å². The lowest BCUT2D eigenvalue weighted by Crippen LogP contribution is -2.70. The van der Waals surface area contributed by atoms with Crippen molar-refractivity contribution in [2.75, 3.05) is 0 Å². The van der Waals surface area contributed by atoms with Gasteiger partial charge in [0.15, 0.2) is 18.2 Å². The second-order valence-corrected chi connectivity index (χ2v) is 11.2. The molecule has 1 aromatic carbocycles. The fraction of sp³-hybridized carbons (Fsp3) is 0.727. The summed E-state index contributed by atoms with van der Waals surface area (Å²) in [4.78, 5) is 12.0. The Kier molecular flexibility index (Phi) is 4.85. The van der Waals surface area contributed by atoms with E-state index in [1.54, 1.807) is 24.3 Å². The molecule has 1 aromatic rings. The van der Waals surface area contributed by atoms with E-state index in [4.69, 9.17) is 23.4 Å². The Bertz CT molecular complexity index is 916. The molecule has 8 atom stereocenters. The molecular formula is C22H30O7S. The molecule has 0 amide bonds. The summed E-state index contributed by atoms with van der Waals surface area (Å²) < 4.78 is 44.0. The molecule has 30 heavy (non-hydrogen) atoms. The Morgan fingerprint density at radius 1 is 1.03 bits per heavy atom. The maximum atomic E-state index is 12.9. The van der Waals surface area contributed by atoms with Crippen LogP contribution >= 0.6 is 0 Å². The van der Waals surface area contributed by atoms with Crippen molar-refractivity contribution in [1.82, 2.24) is 0 Å². The fourth-order valence-corrected chi connectivity index (χ4v) is 6.92. The van der Waals surface area contributed by atoms with E-state index < -0.39 is 34.1 Å². The van der Waals surface area contributed by atoms with Gasteiger partial charge in [0.25, 0.3) is 10.1 Å². The van der Waals surface area contributed by atoms with Crippen LogP contribution in [0.2, 0.25) is 0 Å². The average molecular weight is 439 g/mol. The van der Waals surface area contributed by atoms with Gasteiger partial charge < -0.3 is 9.47 Å². The lowest BCUT2D eigenvalue weighted by molar-refractivity contribution is -0.575. The number of aryl methyl sites for hydroxylation is 1. The molecule has 1 spiro atoms. The quantitative estimate of drug-likeness (QED) is 0.523. The largest absolute Gasteiger partial charge is 0.319 e.